The molecule has 0 atom stereocenters. The lowest BCUT2D eigenvalue weighted by molar-refractivity contribution is -0.139. The van der Waals surface area contributed by atoms with E-state index in [0.29, 0.717) is 13.2 Å². The summed E-state index contributed by atoms with van der Waals surface area (Å²) < 4.78 is 15.4. The molecule has 0 unspecified atom stereocenters. The van der Waals surface area contributed by atoms with Crippen LogP contribution in [0.4, 0.5) is 0 Å². The lowest BCUT2D eigenvalue weighted by atomic mass is 10.1. The maximum Gasteiger partial charge on any atom is 0.309 e. The molecule has 0 saturated carbocycles. The van der Waals surface area contributed by atoms with Crippen LogP contribution in [0.2, 0.25) is 0 Å². The highest BCUT2D eigenvalue weighted by Crippen LogP contribution is 2.24. The maximum absolute atomic E-state index is 11.0. The third-order valence-corrected chi connectivity index (χ3v) is 2.63. The van der Waals surface area contributed by atoms with Crippen molar-refractivity contribution in [3.63, 3.8) is 0 Å². The molecule has 4 nitrogen and oxygen atoms in total. The van der Waals surface area contributed by atoms with E-state index in [1.807, 2.05) is 30.3 Å². The summed E-state index contributed by atoms with van der Waals surface area (Å²) in [6, 6.07) is 7.86. The first-order valence-electron chi connectivity index (χ1n) is 5.86. The van der Waals surface area contributed by atoms with Crippen LogP contribution in [0.15, 0.2) is 30.3 Å². The van der Waals surface area contributed by atoms with Crippen molar-refractivity contribution in [1.82, 2.24) is 0 Å². The maximum atomic E-state index is 11.0. The molecule has 2 rings (SSSR count). The molecule has 1 saturated heterocycles. The molecule has 1 heterocycles. The first-order valence-corrected chi connectivity index (χ1v) is 5.86. The average Bonchev–Trinajstić information content (AvgIpc) is 2.93. The Balaban J connectivity index is 2.00. The zero-order valence-corrected chi connectivity index (χ0v) is 10.3. The Kier molecular flexibility index (Phi) is 4.50. The lowest BCUT2D eigenvalue weighted by Crippen LogP contribution is -1.98. The Morgan fingerprint density at radius 3 is 2.94 bits per heavy atom. The summed E-state index contributed by atoms with van der Waals surface area (Å²) in [5.41, 5.74) is 2.00. The molecule has 1 aromatic rings. The topological polar surface area (TPSA) is 44.8 Å². The summed E-state index contributed by atoms with van der Waals surface area (Å²) >= 11 is 0. The van der Waals surface area contributed by atoms with Crippen molar-refractivity contribution in [2.75, 3.05) is 20.3 Å². The number of carbonyl (C=O) groups excluding carboxylic acids is 1. The van der Waals surface area contributed by atoms with Gasteiger partial charge in [0.25, 0.3) is 0 Å². The molecule has 0 spiro atoms. The van der Waals surface area contributed by atoms with Crippen LogP contribution in [-0.2, 0) is 19.0 Å². The summed E-state index contributed by atoms with van der Waals surface area (Å²) in [6.45, 7) is 1.26. The van der Waals surface area contributed by atoms with Crippen molar-refractivity contribution < 1.29 is 19.0 Å². The molecule has 0 aromatic heterocycles. The Morgan fingerprint density at radius 2 is 2.22 bits per heavy atom. The van der Waals surface area contributed by atoms with Gasteiger partial charge in [0, 0.05) is 5.56 Å². The first kappa shape index (κ1) is 12.8. The van der Waals surface area contributed by atoms with Gasteiger partial charge in [0.1, 0.15) is 0 Å². The zero-order chi connectivity index (χ0) is 12.8. The SMILES string of the molecule is COC(=O)CC=Cc1cccc(C2OCCO2)c1. The minimum absolute atomic E-state index is 0.245. The largest absolute Gasteiger partial charge is 0.469 e. The Bertz CT molecular complexity index is 433. The Hall–Kier alpha value is -1.65. The minimum Gasteiger partial charge on any atom is -0.469 e. The average molecular weight is 248 g/mol. The van der Waals surface area contributed by atoms with E-state index >= 15 is 0 Å². The fourth-order valence-corrected chi connectivity index (χ4v) is 1.73. The van der Waals surface area contributed by atoms with Gasteiger partial charge in [0.2, 0.25) is 0 Å². The molecule has 96 valence electrons. The van der Waals surface area contributed by atoms with Crippen LogP contribution in [0.3, 0.4) is 0 Å². The van der Waals surface area contributed by atoms with E-state index < -0.39 is 0 Å². The van der Waals surface area contributed by atoms with Crippen LogP contribution in [-0.4, -0.2) is 26.3 Å². The molecule has 0 amide bonds. The molecule has 0 bridgehead atoms. The normalized spacial score (nSPS) is 16.3. The number of hydrogen-bond acceptors (Lipinski definition) is 4. The molecule has 0 aliphatic carbocycles. The van der Waals surface area contributed by atoms with Crippen molar-refractivity contribution in [3.8, 4) is 0 Å². The van der Waals surface area contributed by atoms with Crippen molar-refractivity contribution in [2.45, 2.75) is 12.7 Å². The number of rotatable bonds is 4. The second kappa shape index (κ2) is 6.33. The van der Waals surface area contributed by atoms with Gasteiger partial charge in [0.05, 0.1) is 26.7 Å². The fraction of sp³-hybridized carbons (Fsp3) is 0.357. The summed E-state index contributed by atoms with van der Waals surface area (Å²) in [6.07, 6.45) is 3.67. The molecule has 1 aliphatic heterocycles. The summed E-state index contributed by atoms with van der Waals surface area (Å²) in [4.78, 5) is 11.0. The number of methoxy groups -OCH3 is 1. The molecular formula is C14H16O4. The zero-order valence-electron chi connectivity index (χ0n) is 10.3. The van der Waals surface area contributed by atoms with Crippen LogP contribution in [0, 0.1) is 0 Å². The number of esters is 1. The molecule has 4 heteroatoms. The first-order chi connectivity index (χ1) is 8.79. The second-order valence-corrected chi connectivity index (χ2v) is 3.93. The third kappa shape index (κ3) is 3.42. The highest BCUT2D eigenvalue weighted by Gasteiger charge is 2.17. The third-order valence-electron chi connectivity index (χ3n) is 2.63. The Labute approximate surface area is 106 Å². The summed E-state index contributed by atoms with van der Waals surface area (Å²) in [5, 5.41) is 0. The van der Waals surface area contributed by atoms with E-state index in [0.717, 1.165) is 11.1 Å². The van der Waals surface area contributed by atoms with Gasteiger partial charge >= 0.3 is 5.97 Å². The van der Waals surface area contributed by atoms with Gasteiger partial charge < -0.3 is 14.2 Å². The van der Waals surface area contributed by atoms with E-state index in [1.165, 1.54) is 7.11 Å². The number of carbonyl (C=O) groups is 1. The van der Waals surface area contributed by atoms with Gasteiger partial charge in [0.15, 0.2) is 6.29 Å². The van der Waals surface area contributed by atoms with Crippen LogP contribution in [0.25, 0.3) is 6.08 Å². The Morgan fingerprint density at radius 1 is 1.44 bits per heavy atom. The van der Waals surface area contributed by atoms with Gasteiger partial charge in [-0.25, -0.2) is 0 Å². The summed E-state index contributed by atoms with van der Waals surface area (Å²) in [5.74, 6) is -0.245. The minimum atomic E-state index is -0.265. The van der Waals surface area contributed by atoms with E-state index in [-0.39, 0.29) is 18.7 Å². The van der Waals surface area contributed by atoms with E-state index in [4.69, 9.17) is 9.47 Å². The van der Waals surface area contributed by atoms with E-state index in [9.17, 15) is 4.79 Å². The smallest absolute Gasteiger partial charge is 0.309 e. The second-order valence-electron chi connectivity index (χ2n) is 3.93. The molecule has 1 aliphatic rings. The summed E-state index contributed by atoms with van der Waals surface area (Å²) in [7, 11) is 1.38. The standard InChI is InChI=1S/C14H16O4/c1-16-13(15)7-3-5-11-4-2-6-12(10-11)14-17-8-9-18-14/h2-6,10,14H,7-9H2,1H3. The van der Waals surface area contributed by atoms with Crippen molar-refractivity contribution >= 4 is 12.0 Å². The van der Waals surface area contributed by atoms with Gasteiger partial charge in [-0.1, -0.05) is 30.4 Å². The van der Waals surface area contributed by atoms with Crippen LogP contribution in [0.1, 0.15) is 23.8 Å². The number of hydrogen-bond donors (Lipinski definition) is 0. The van der Waals surface area contributed by atoms with E-state index in [1.54, 1.807) is 6.08 Å². The molecule has 0 radical (unpaired) electrons. The molecular weight excluding hydrogens is 232 g/mol. The van der Waals surface area contributed by atoms with Crippen LogP contribution in [0.5, 0.6) is 0 Å². The highest BCUT2D eigenvalue weighted by atomic mass is 16.7. The predicted molar refractivity (Wildman–Crippen MR) is 66.8 cm³/mol. The lowest BCUT2D eigenvalue weighted by Gasteiger charge is -2.09. The molecule has 1 fully saturated rings. The van der Waals surface area contributed by atoms with Gasteiger partial charge in [-0.3, -0.25) is 4.79 Å². The van der Waals surface area contributed by atoms with Gasteiger partial charge in [-0.15, -0.1) is 0 Å². The number of benzene rings is 1. The molecule has 0 N–H and O–H groups in total. The number of ether oxygens (including phenoxy) is 3. The fourth-order valence-electron chi connectivity index (χ4n) is 1.73. The molecule has 1 aromatic carbocycles. The van der Waals surface area contributed by atoms with E-state index in [2.05, 4.69) is 4.74 Å². The van der Waals surface area contributed by atoms with Gasteiger partial charge in [-0.2, -0.15) is 0 Å². The van der Waals surface area contributed by atoms with Crippen molar-refractivity contribution in [2.24, 2.45) is 0 Å². The van der Waals surface area contributed by atoms with Crippen LogP contribution >= 0.6 is 0 Å². The highest BCUT2D eigenvalue weighted by molar-refractivity contribution is 5.72. The monoisotopic (exact) mass is 248 g/mol. The quantitative estimate of drug-likeness (QED) is 0.767. The van der Waals surface area contributed by atoms with Crippen LogP contribution < -0.4 is 0 Å². The van der Waals surface area contributed by atoms with Crippen molar-refractivity contribution in [3.05, 3.63) is 41.5 Å². The predicted octanol–water partition coefficient (Wildman–Crippen LogP) is 2.31. The molecule has 18 heavy (non-hydrogen) atoms. The van der Waals surface area contributed by atoms with Gasteiger partial charge in [-0.05, 0) is 11.6 Å². The van der Waals surface area contributed by atoms with Crippen molar-refractivity contribution in [1.29, 1.82) is 0 Å².